The number of nitrogens with zero attached hydrogens (tertiary/aromatic N) is 1. The highest BCUT2D eigenvalue weighted by Gasteiger charge is 2.02. The van der Waals surface area contributed by atoms with Gasteiger partial charge in [0.2, 0.25) is 0 Å². The number of ether oxygens (including phenoxy) is 1. The van der Waals surface area contributed by atoms with Crippen LogP contribution in [0.15, 0.2) is 36.9 Å². The monoisotopic (exact) mass is 233 g/mol. The van der Waals surface area contributed by atoms with E-state index in [9.17, 15) is 0 Å². The van der Waals surface area contributed by atoms with Gasteiger partial charge in [-0.2, -0.15) is 0 Å². The van der Waals surface area contributed by atoms with Gasteiger partial charge in [0.25, 0.3) is 0 Å². The van der Waals surface area contributed by atoms with Gasteiger partial charge in [-0.1, -0.05) is 23.7 Å². The second-order valence-electron chi connectivity index (χ2n) is 3.32. The van der Waals surface area contributed by atoms with Crippen LogP contribution in [0, 0.1) is 0 Å². The lowest BCUT2D eigenvalue weighted by atomic mass is 10.1. The van der Waals surface area contributed by atoms with Crippen molar-refractivity contribution in [2.45, 2.75) is 6.92 Å². The zero-order valence-electron chi connectivity index (χ0n) is 8.98. The van der Waals surface area contributed by atoms with Crippen LogP contribution in [0.25, 0.3) is 16.8 Å². The molecule has 1 heterocycles. The SMILES string of the molecule is CCO/C=C/c1ccc2cnccc2c1Cl. The van der Waals surface area contributed by atoms with Crippen molar-refractivity contribution < 1.29 is 4.74 Å². The quantitative estimate of drug-likeness (QED) is 0.751. The molecule has 0 atom stereocenters. The van der Waals surface area contributed by atoms with Gasteiger partial charge in [0.1, 0.15) is 0 Å². The standard InChI is InChI=1S/C13H12ClNO/c1-2-16-8-6-10-3-4-11-9-15-7-5-12(11)13(10)14/h3-9H,2H2,1H3/b8-6+. The third kappa shape index (κ3) is 2.17. The molecule has 0 aliphatic carbocycles. The van der Waals surface area contributed by atoms with Crippen molar-refractivity contribution >= 4 is 28.4 Å². The summed E-state index contributed by atoms with van der Waals surface area (Å²) in [6.45, 7) is 2.60. The van der Waals surface area contributed by atoms with Gasteiger partial charge in [-0.25, -0.2) is 0 Å². The van der Waals surface area contributed by atoms with Gasteiger partial charge in [0.05, 0.1) is 17.9 Å². The normalized spacial score (nSPS) is 11.1. The van der Waals surface area contributed by atoms with E-state index in [0.29, 0.717) is 6.61 Å². The van der Waals surface area contributed by atoms with E-state index < -0.39 is 0 Å². The highest BCUT2D eigenvalue weighted by atomic mass is 35.5. The fourth-order valence-corrected chi connectivity index (χ4v) is 1.79. The first-order valence-electron chi connectivity index (χ1n) is 5.13. The van der Waals surface area contributed by atoms with E-state index in [1.165, 1.54) is 0 Å². The molecule has 1 aromatic heterocycles. The molecule has 0 radical (unpaired) electrons. The predicted molar refractivity (Wildman–Crippen MR) is 67.4 cm³/mol. The van der Waals surface area contributed by atoms with Crippen LogP contribution in [0.5, 0.6) is 0 Å². The van der Waals surface area contributed by atoms with Crippen LogP contribution >= 0.6 is 11.6 Å². The molecule has 0 fully saturated rings. The number of rotatable bonds is 3. The number of pyridine rings is 1. The van der Waals surface area contributed by atoms with E-state index in [0.717, 1.165) is 21.4 Å². The van der Waals surface area contributed by atoms with Crippen molar-refractivity contribution in [3.63, 3.8) is 0 Å². The van der Waals surface area contributed by atoms with E-state index in [4.69, 9.17) is 16.3 Å². The molecule has 0 spiro atoms. The maximum Gasteiger partial charge on any atom is 0.0845 e. The van der Waals surface area contributed by atoms with Gasteiger partial charge in [0, 0.05) is 23.2 Å². The van der Waals surface area contributed by atoms with Gasteiger partial charge in [-0.3, -0.25) is 4.98 Å². The lowest BCUT2D eigenvalue weighted by Gasteiger charge is -2.03. The number of hydrogen-bond donors (Lipinski definition) is 0. The van der Waals surface area contributed by atoms with Gasteiger partial charge in [0.15, 0.2) is 0 Å². The zero-order chi connectivity index (χ0) is 11.4. The molecule has 0 bridgehead atoms. The molecule has 0 N–H and O–H groups in total. The van der Waals surface area contributed by atoms with Crippen LogP contribution in [0.4, 0.5) is 0 Å². The molecule has 2 nitrogen and oxygen atoms in total. The molecule has 2 rings (SSSR count). The largest absolute Gasteiger partial charge is 0.501 e. The topological polar surface area (TPSA) is 22.1 Å². The van der Waals surface area contributed by atoms with E-state index >= 15 is 0 Å². The lowest BCUT2D eigenvalue weighted by molar-refractivity contribution is 0.272. The molecule has 16 heavy (non-hydrogen) atoms. The van der Waals surface area contributed by atoms with Crippen LogP contribution in [-0.4, -0.2) is 11.6 Å². The van der Waals surface area contributed by atoms with Crippen LogP contribution in [0.3, 0.4) is 0 Å². The summed E-state index contributed by atoms with van der Waals surface area (Å²) in [5.74, 6) is 0. The average molecular weight is 234 g/mol. The minimum atomic E-state index is 0.658. The van der Waals surface area contributed by atoms with E-state index in [2.05, 4.69) is 4.98 Å². The van der Waals surface area contributed by atoms with E-state index in [-0.39, 0.29) is 0 Å². The molecule has 0 aliphatic heterocycles. The number of aromatic nitrogens is 1. The maximum absolute atomic E-state index is 6.29. The van der Waals surface area contributed by atoms with Crippen molar-refractivity contribution in [2.75, 3.05) is 6.61 Å². The highest BCUT2D eigenvalue weighted by molar-refractivity contribution is 6.37. The summed E-state index contributed by atoms with van der Waals surface area (Å²) in [7, 11) is 0. The molecule has 3 heteroatoms. The number of benzene rings is 1. The average Bonchev–Trinajstić information content (AvgIpc) is 2.33. The molecule has 0 unspecified atom stereocenters. The summed E-state index contributed by atoms with van der Waals surface area (Å²) >= 11 is 6.29. The molecule has 82 valence electrons. The predicted octanol–water partition coefficient (Wildman–Crippen LogP) is 3.90. The fourth-order valence-electron chi connectivity index (χ4n) is 1.49. The smallest absolute Gasteiger partial charge is 0.0845 e. The van der Waals surface area contributed by atoms with Crippen molar-refractivity contribution in [1.82, 2.24) is 4.98 Å². The van der Waals surface area contributed by atoms with Crippen molar-refractivity contribution in [3.8, 4) is 0 Å². The Morgan fingerprint density at radius 1 is 1.38 bits per heavy atom. The third-order valence-electron chi connectivity index (χ3n) is 2.29. The zero-order valence-corrected chi connectivity index (χ0v) is 9.74. The van der Waals surface area contributed by atoms with E-state index in [1.54, 1.807) is 18.7 Å². The van der Waals surface area contributed by atoms with E-state index in [1.807, 2.05) is 31.2 Å². The fraction of sp³-hybridized carbons (Fsp3) is 0.154. The summed E-state index contributed by atoms with van der Waals surface area (Å²) < 4.78 is 5.15. The van der Waals surface area contributed by atoms with Gasteiger partial charge in [-0.15, -0.1) is 0 Å². The molecule has 0 aliphatic rings. The number of halogens is 1. The Labute approximate surface area is 99.5 Å². The highest BCUT2D eigenvalue weighted by Crippen LogP contribution is 2.27. The van der Waals surface area contributed by atoms with Crippen LogP contribution < -0.4 is 0 Å². The Balaban J connectivity index is 2.44. The molecule has 0 saturated heterocycles. The first-order valence-corrected chi connectivity index (χ1v) is 5.51. The number of hydrogen-bond acceptors (Lipinski definition) is 2. The van der Waals surface area contributed by atoms with Crippen LogP contribution in [0.1, 0.15) is 12.5 Å². The minimum absolute atomic E-state index is 0.658. The minimum Gasteiger partial charge on any atom is -0.501 e. The molecule has 2 aromatic rings. The Morgan fingerprint density at radius 3 is 3.06 bits per heavy atom. The molecular weight excluding hydrogens is 222 g/mol. The number of fused-ring (bicyclic) bond motifs is 1. The van der Waals surface area contributed by atoms with Crippen LogP contribution in [0.2, 0.25) is 5.02 Å². The summed E-state index contributed by atoms with van der Waals surface area (Å²) in [4.78, 5) is 4.06. The summed E-state index contributed by atoms with van der Waals surface area (Å²) in [5.41, 5.74) is 0.953. The second kappa shape index (κ2) is 4.99. The van der Waals surface area contributed by atoms with Crippen molar-refractivity contribution in [2.24, 2.45) is 0 Å². The first-order chi connectivity index (χ1) is 7.83. The Bertz CT molecular complexity index is 522. The third-order valence-corrected chi connectivity index (χ3v) is 2.72. The molecule has 0 amide bonds. The van der Waals surface area contributed by atoms with Gasteiger partial charge >= 0.3 is 0 Å². The second-order valence-corrected chi connectivity index (χ2v) is 3.70. The molecule has 1 aromatic carbocycles. The molecule has 0 saturated carbocycles. The Morgan fingerprint density at radius 2 is 2.25 bits per heavy atom. The van der Waals surface area contributed by atoms with Gasteiger partial charge in [-0.05, 0) is 24.6 Å². The van der Waals surface area contributed by atoms with Crippen molar-refractivity contribution in [1.29, 1.82) is 0 Å². The van der Waals surface area contributed by atoms with Gasteiger partial charge < -0.3 is 4.74 Å². The first kappa shape index (κ1) is 11.0. The lowest BCUT2D eigenvalue weighted by Crippen LogP contribution is -1.82. The Hall–Kier alpha value is -1.54. The van der Waals surface area contributed by atoms with Crippen LogP contribution in [-0.2, 0) is 4.74 Å². The maximum atomic E-state index is 6.29. The van der Waals surface area contributed by atoms with Crippen molar-refractivity contribution in [3.05, 3.63) is 47.4 Å². The summed E-state index contributed by atoms with van der Waals surface area (Å²) in [6, 6.07) is 5.87. The molecular formula is C13H12ClNO. The Kier molecular flexibility index (Phi) is 3.42. The summed E-state index contributed by atoms with van der Waals surface area (Å²) in [6.07, 6.45) is 7.07. The summed E-state index contributed by atoms with van der Waals surface area (Å²) in [5, 5.41) is 2.78.